The number of aromatic nitrogens is 7. The zero-order chi connectivity index (χ0) is 33.7. The fourth-order valence-electron chi connectivity index (χ4n) is 8.42. The summed E-state index contributed by atoms with van der Waals surface area (Å²) in [5.74, 6) is 0.253. The van der Waals surface area contributed by atoms with Crippen LogP contribution < -0.4 is 9.64 Å². The Morgan fingerprint density at radius 3 is 2.88 bits per heavy atom. The number of aryl methyl sites for hydroxylation is 2. The van der Waals surface area contributed by atoms with E-state index in [1.807, 2.05) is 34.3 Å². The second-order valence-corrected chi connectivity index (χ2v) is 14.2. The topological polar surface area (TPSA) is 122 Å². The molecule has 7 heterocycles. The molecule has 6 aromatic rings. The van der Waals surface area contributed by atoms with Crippen molar-refractivity contribution in [3.05, 3.63) is 48.2 Å². The quantitative estimate of drug-likeness (QED) is 0.268. The van der Waals surface area contributed by atoms with Gasteiger partial charge in [-0.1, -0.05) is 6.07 Å². The molecule has 2 aromatic carbocycles. The van der Waals surface area contributed by atoms with E-state index >= 15 is 0 Å². The zero-order valence-electron chi connectivity index (χ0n) is 27.6. The lowest BCUT2D eigenvalue weighted by Gasteiger charge is -2.31. The molecule has 3 aliphatic heterocycles. The van der Waals surface area contributed by atoms with E-state index in [1.54, 1.807) is 19.2 Å². The molecule has 0 amide bonds. The van der Waals surface area contributed by atoms with Crippen LogP contribution in [-0.4, -0.2) is 102 Å². The number of rotatable bonds is 5. The lowest BCUT2D eigenvalue weighted by atomic mass is 9.94. The van der Waals surface area contributed by atoms with Gasteiger partial charge in [0, 0.05) is 38.1 Å². The summed E-state index contributed by atoms with van der Waals surface area (Å²) in [4.78, 5) is 14.4. The van der Waals surface area contributed by atoms with E-state index in [0.717, 1.165) is 69.6 Å². The predicted octanol–water partition coefficient (Wildman–Crippen LogP) is 4.75. The first-order chi connectivity index (χ1) is 23.6. The predicted molar refractivity (Wildman–Crippen MR) is 182 cm³/mol. The molecule has 3 fully saturated rings. The number of anilines is 1. The highest BCUT2D eigenvalue weighted by atomic mass is 19.1. The summed E-state index contributed by atoms with van der Waals surface area (Å²) < 4.78 is 44.5. The Hall–Kier alpha value is -4.66. The average molecular weight is 670 g/mol. The molecule has 2 N–H and O–H groups in total. The molecule has 9 rings (SSSR count). The van der Waals surface area contributed by atoms with Crippen molar-refractivity contribution in [2.75, 3.05) is 50.9 Å². The largest absolute Gasteiger partial charge is 0.461 e. The van der Waals surface area contributed by atoms with Crippen LogP contribution >= 0.6 is 0 Å². The van der Waals surface area contributed by atoms with Crippen molar-refractivity contribution < 1.29 is 23.4 Å². The number of hydrogen-bond donors (Lipinski definition) is 2. The minimum atomic E-state index is -1.12. The van der Waals surface area contributed by atoms with Crippen LogP contribution in [0.25, 0.3) is 55.0 Å². The fraction of sp³-hybridized carbons (Fsp3) is 0.429. The maximum Gasteiger partial charge on any atom is 0.320 e. The monoisotopic (exact) mass is 669 g/mol. The van der Waals surface area contributed by atoms with Crippen LogP contribution in [0.15, 0.2) is 42.4 Å². The zero-order valence-corrected chi connectivity index (χ0v) is 27.6. The van der Waals surface area contributed by atoms with Crippen LogP contribution in [-0.2, 0) is 18.8 Å². The standard InChI is InChI=1S/C35H37F2N9O3/c1-34(47)17-45(9-10-48-18-34)32-27-29-30(28(42-44(29)3)26-23-12-22(37)6-5-21(23)11-25-24(26)15-38-41-25)43(2)31(27)39-33(40-32)49-19-35-7-4-8-46(35)16-20(13-35)14-36/h5-6,11-12,14-15,47H,4,7-10,13,16-19H2,1-3H3,(H,38,41)/t34-,35?/m0/s1. The van der Waals surface area contributed by atoms with Gasteiger partial charge in [-0.3, -0.25) is 14.7 Å². The third kappa shape index (κ3) is 4.71. The first kappa shape index (κ1) is 30.4. The first-order valence-corrected chi connectivity index (χ1v) is 16.6. The lowest BCUT2D eigenvalue weighted by Crippen LogP contribution is -2.44. The molecule has 49 heavy (non-hydrogen) atoms. The van der Waals surface area contributed by atoms with Gasteiger partial charge in [0.25, 0.3) is 0 Å². The normalized spacial score (nSPS) is 24.3. The van der Waals surface area contributed by atoms with Gasteiger partial charge in [0.15, 0.2) is 5.65 Å². The minimum Gasteiger partial charge on any atom is -0.461 e. The number of halogens is 2. The summed E-state index contributed by atoms with van der Waals surface area (Å²) in [5.41, 5.74) is 3.78. The van der Waals surface area contributed by atoms with Crippen molar-refractivity contribution >= 4 is 49.6 Å². The maximum atomic E-state index is 14.8. The van der Waals surface area contributed by atoms with Crippen molar-refractivity contribution in [2.24, 2.45) is 14.1 Å². The number of nitrogens with zero attached hydrogens (tertiary/aromatic N) is 8. The molecule has 1 unspecified atom stereocenters. The van der Waals surface area contributed by atoms with E-state index in [4.69, 9.17) is 24.5 Å². The molecular weight excluding hydrogens is 632 g/mol. The number of hydrogen-bond acceptors (Lipinski definition) is 9. The van der Waals surface area contributed by atoms with E-state index in [0.29, 0.717) is 55.3 Å². The molecule has 0 bridgehead atoms. The summed E-state index contributed by atoms with van der Waals surface area (Å²) in [5, 5.41) is 26.8. The molecule has 4 aromatic heterocycles. The highest BCUT2D eigenvalue weighted by molar-refractivity contribution is 6.19. The van der Waals surface area contributed by atoms with Crippen LogP contribution in [0.4, 0.5) is 14.6 Å². The van der Waals surface area contributed by atoms with Gasteiger partial charge < -0.3 is 24.0 Å². The van der Waals surface area contributed by atoms with Gasteiger partial charge in [-0.05, 0) is 67.3 Å². The van der Waals surface area contributed by atoms with Crippen LogP contribution in [0.3, 0.4) is 0 Å². The van der Waals surface area contributed by atoms with Gasteiger partial charge in [0.2, 0.25) is 0 Å². The number of aliphatic hydroxyl groups is 1. The van der Waals surface area contributed by atoms with Crippen LogP contribution in [0.5, 0.6) is 6.01 Å². The molecule has 0 saturated carbocycles. The number of fused-ring (bicyclic) bond motifs is 6. The molecular formula is C35H37F2N9O3. The third-order valence-electron chi connectivity index (χ3n) is 10.6. The Morgan fingerprint density at radius 2 is 2.02 bits per heavy atom. The smallest absolute Gasteiger partial charge is 0.320 e. The molecule has 2 atom stereocenters. The van der Waals surface area contributed by atoms with Gasteiger partial charge in [-0.25, -0.2) is 8.78 Å². The molecule has 0 spiro atoms. The fourth-order valence-corrected chi connectivity index (χ4v) is 8.42. The van der Waals surface area contributed by atoms with Gasteiger partial charge in [0.05, 0.1) is 59.8 Å². The highest BCUT2D eigenvalue weighted by Gasteiger charge is 2.47. The molecule has 3 aliphatic rings. The van der Waals surface area contributed by atoms with Crippen molar-refractivity contribution in [1.29, 1.82) is 0 Å². The van der Waals surface area contributed by atoms with E-state index in [2.05, 4.69) is 15.1 Å². The van der Waals surface area contributed by atoms with Crippen molar-refractivity contribution in [1.82, 2.24) is 39.4 Å². The maximum absolute atomic E-state index is 14.8. The lowest BCUT2D eigenvalue weighted by molar-refractivity contribution is -0.0123. The second kappa shape index (κ2) is 10.9. The number of β-amino-alcohol motifs (C(OH)–C–C–N with tert-alkyl or cyclic N) is 1. The molecule has 254 valence electrons. The van der Waals surface area contributed by atoms with Gasteiger partial charge in [-0.2, -0.15) is 20.2 Å². The van der Waals surface area contributed by atoms with Gasteiger partial charge in [0.1, 0.15) is 29.5 Å². The summed E-state index contributed by atoms with van der Waals surface area (Å²) in [6, 6.07) is 6.92. The first-order valence-electron chi connectivity index (χ1n) is 16.6. The molecule has 3 saturated heterocycles. The summed E-state index contributed by atoms with van der Waals surface area (Å²) in [6.45, 7) is 4.95. The number of H-pyrrole nitrogens is 1. The summed E-state index contributed by atoms with van der Waals surface area (Å²) >= 11 is 0. The Kier molecular flexibility index (Phi) is 6.78. The van der Waals surface area contributed by atoms with E-state index in [1.165, 1.54) is 12.1 Å². The average Bonchev–Trinajstić information content (AvgIpc) is 3.87. The Labute approximate surface area is 279 Å². The van der Waals surface area contributed by atoms with Crippen LogP contribution in [0.1, 0.15) is 26.2 Å². The minimum absolute atomic E-state index is 0.197. The Morgan fingerprint density at radius 1 is 1.14 bits per heavy atom. The van der Waals surface area contributed by atoms with Gasteiger partial charge >= 0.3 is 6.01 Å². The van der Waals surface area contributed by atoms with E-state index in [9.17, 15) is 13.9 Å². The number of aromatic amines is 1. The Bertz CT molecular complexity index is 2330. The van der Waals surface area contributed by atoms with Crippen LogP contribution in [0.2, 0.25) is 0 Å². The molecule has 14 heteroatoms. The van der Waals surface area contributed by atoms with Crippen molar-refractivity contribution in [3.8, 4) is 17.3 Å². The number of nitrogens with one attached hydrogen (secondary N) is 1. The van der Waals surface area contributed by atoms with Crippen molar-refractivity contribution in [2.45, 2.75) is 37.3 Å². The molecule has 12 nitrogen and oxygen atoms in total. The number of ether oxygens (including phenoxy) is 2. The molecule has 0 aliphatic carbocycles. The second-order valence-electron chi connectivity index (χ2n) is 14.2. The third-order valence-corrected chi connectivity index (χ3v) is 10.6. The Balaban J connectivity index is 1.26. The van der Waals surface area contributed by atoms with Crippen LogP contribution in [0, 0.1) is 5.82 Å². The molecule has 0 radical (unpaired) electrons. The van der Waals surface area contributed by atoms with Crippen molar-refractivity contribution in [3.63, 3.8) is 0 Å². The van der Waals surface area contributed by atoms with Gasteiger partial charge in [-0.15, -0.1) is 0 Å². The van der Waals surface area contributed by atoms with E-state index in [-0.39, 0.29) is 30.5 Å². The SMILES string of the molecule is Cn1nc(-c2c3cc(F)ccc3cc3[nH]ncc23)c2c1c1c(N3CCOC[C@@](C)(O)C3)nc(OCC34CCCN3CC(=CF)C4)nc1n2C. The highest BCUT2D eigenvalue weighted by Crippen LogP contribution is 2.45. The van der Waals surface area contributed by atoms with E-state index < -0.39 is 5.60 Å². The summed E-state index contributed by atoms with van der Waals surface area (Å²) in [7, 11) is 3.81. The number of benzene rings is 2. The summed E-state index contributed by atoms with van der Waals surface area (Å²) in [6.07, 6.45) is 5.02.